The topological polar surface area (TPSA) is 60.3 Å². The summed E-state index contributed by atoms with van der Waals surface area (Å²) in [6, 6.07) is 1.75. The molecular formula is C13H20N2O3. The molecule has 18 heavy (non-hydrogen) atoms. The van der Waals surface area contributed by atoms with Crippen molar-refractivity contribution in [2.75, 3.05) is 20.3 Å². The smallest absolute Gasteiger partial charge is 0.239 e. The van der Waals surface area contributed by atoms with Crippen molar-refractivity contribution in [2.45, 2.75) is 26.3 Å². The molecule has 0 atom stereocenters. The Balaban J connectivity index is 2.43. The fourth-order valence-corrected chi connectivity index (χ4v) is 1.59. The van der Waals surface area contributed by atoms with Crippen LogP contribution >= 0.6 is 0 Å². The molecule has 100 valence electrons. The van der Waals surface area contributed by atoms with Gasteiger partial charge in [-0.2, -0.15) is 0 Å². The van der Waals surface area contributed by atoms with Gasteiger partial charge in [-0.25, -0.2) is 0 Å². The Morgan fingerprint density at radius 1 is 1.44 bits per heavy atom. The standard InChI is InChI=1S/C13H20N2O3/c1-3-4-12(16)11-5-7-15(9-11)10-13(17)14-6-8-18-2/h5,7,9H,3-4,6,8,10H2,1-2H3,(H,14,17). The minimum absolute atomic E-state index is 0.0860. The van der Waals surface area contributed by atoms with Crippen LogP contribution in [-0.2, 0) is 16.1 Å². The van der Waals surface area contributed by atoms with E-state index in [-0.39, 0.29) is 18.2 Å². The highest BCUT2D eigenvalue weighted by Crippen LogP contribution is 2.06. The molecule has 5 nitrogen and oxygen atoms in total. The zero-order valence-electron chi connectivity index (χ0n) is 10.9. The van der Waals surface area contributed by atoms with E-state index < -0.39 is 0 Å². The second kappa shape index (κ2) is 7.66. The highest BCUT2D eigenvalue weighted by Gasteiger charge is 2.08. The fraction of sp³-hybridized carbons (Fsp3) is 0.538. The Labute approximate surface area is 107 Å². The van der Waals surface area contributed by atoms with Crippen LogP contribution in [0.25, 0.3) is 0 Å². The summed E-state index contributed by atoms with van der Waals surface area (Å²) in [5, 5.41) is 2.73. The van der Waals surface area contributed by atoms with Crippen molar-refractivity contribution in [1.82, 2.24) is 9.88 Å². The van der Waals surface area contributed by atoms with E-state index in [2.05, 4.69) is 5.32 Å². The van der Waals surface area contributed by atoms with Gasteiger partial charge in [0, 0.05) is 38.0 Å². The van der Waals surface area contributed by atoms with Crippen LogP contribution in [0.3, 0.4) is 0 Å². The average molecular weight is 252 g/mol. The molecule has 0 aliphatic rings. The molecule has 1 heterocycles. The molecule has 0 fully saturated rings. The van der Waals surface area contributed by atoms with Gasteiger partial charge in [-0.05, 0) is 12.5 Å². The van der Waals surface area contributed by atoms with Crippen LogP contribution in [0.1, 0.15) is 30.1 Å². The molecule has 0 saturated heterocycles. The molecule has 1 amide bonds. The quantitative estimate of drug-likeness (QED) is 0.559. The van der Waals surface area contributed by atoms with Crippen LogP contribution in [0.2, 0.25) is 0 Å². The van der Waals surface area contributed by atoms with Crippen LogP contribution in [0.15, 0.2) is 18.5 Å². The lowest BCUT2D eigenvalue weighted by Crippen LogP contribution is -2.30. The summed E-state index contributed by atoms with van der Waals surface area (Å²) in [6.45, 7) is 3.19. The molecule has 0 spiro atoms. The number of hydrogen-bond donors (Lipinski definition) is 1. The predicted molar refractivity (Wildman–Crippen MR) is 68.6 cm³/mol. The summed E-state index contributed by atoms with van der Waals surface area (Å²) in [4.78, 5) is 23.1. The number of methoxy groups -OCH3 is 1. The fourth-order valence-electron chi connectivity index (χ4n) is 1.59. The van der Waals surface area contributed by atoms with E-state index in [1.807, 2.05) is 6.92 Å². The number of hydrogen-bond acceptors (Lipinski definition) is 3. The number of aromatic nitrogens is 1. The van der Waals surface area contributed by atoms with Gasteiger partial charge in [0.1, 0.15) is 6.54 Å². The summed E-state index contributed by atoms with van der Waals surface area (Å²) in [6.07, 6.45) is 4.85. The van der Waals surface area contributed by atoms with Gasteiger partial charge in [-0.3, -0.25) is 9.59 Å². The minimum Gasteiger partial charge on any atom is -0.383 e. The van der Waals surface area contributed by atoms with E-state index in [1.165, 1.54) is 0 Å². The first kappa shape index (κ1) is 14.4. The van der Waals surface area contributed by atoms with Crippen molar-refractivity contribution >= 4 is 11.7 Å². The molecule has 0 aliphatic carbocycles. The summed E-state index contributed by atoms with van der Waals surface area (Å²) in [5.41, 5.74) is 0.668. The van der Waals surface area contributed by atoms with Crippen molar-refractivity contribution < 1.29 is 14.3 Å². The summed E-state index contributed by atoms with van der Waals surface area (Å²) in [5.74, 6) is 0.0354. The maximum absolute atomic E-state index is 11.6. The zero-order chi connectivity index (χ0) is 13.4. The van der Waals surface area contributed by atoms with Gasteiger partial charge in [-0.15, -0.1) is 0 Å². The number of carbonyl (C=O) groups excluding carboxylic acids is 2. The molecule has 1 aromatic rings. The number of Topliss-reactive ketones (excluding diaryl/α,β-unsaturated/α-hetero) is 1. The van der Waals surface area contributed by atoms with E-state index >= 15 is 0 Å². The van der Waals surface area contributed by atoms with E-state index in [4.69, 9.17) is 4.74 Å². The Morgan fingerprint density at radius 2 is 2.22 bits per heavy atom. The van der Waals surface area contributed by atoms with Gasteiger partial charge in [-0.1, -0.05) is 6.92 Å². The predicted octanol–water partition coefficient (Wildman–Crippen LogP) is 1.23. The third-order valence-electron chi connectivity index (χ3n) is 2.50. The van der Waals surface area contributed by atoms with E-state index in [0.717, 1.165) is 6.42 Å². The SMILES string of the molecule is CCCC(=O)c1ccn(CC(=O)NCCOC)c1. The maximum atomic E-state index is 11.6. The lowest BCUT2D eigenvalue weighted by atomic mass is 10.1. The lowest BCUT2D eigenvalue weighted by molar-refractivity contribution is -0.121. The number of carbonyl (C=O) groups is 2. The van der Waals surface area contributed by atoms with Gasteiger partial charge in [0.25, 0.3) is 0 Å². The molecule has 0 bridgehead atoms. The number of nitrogens with zero attached hydrogens (tertiary/aromatic N) is 1. The van der Waals surface area contributed by atoms with Crippen molar-refractivity contribution in [3.8, 4) is 0 Å². The Morgan fingerprint density at radius 3 is 2.89 bits per heavy atom. The first-order valence-electron chi connectivity index (χ1n) is 6.12. The molecule has 0 radical (unpaired) electrons. The van der Waals surface area contributed by atoms with Crippen LogP contribution < -0.4 is 5.32 Å². The van der Waals surface area contributed by atoms with Gasteiger partial charge < -0.3 is 14.6 Å². The minimum atomic E-state index is -0.0860. The van der Waals surface area contributed by atoms with E-state index in [0.29, 0.717) is 25.1 Å². The summed E-state index contributed by atoms with van der Waals surface area (Å²) >= 11 is 0. The molecular weight excluding hydrogens is 232 g/mol. The normalized spacial score (nSPS) is 10.3. The Kier molecular flexibility index (Phi) is 6.14. The van der Waals surface area contributed by atoms with E-state index in [9.17, 15) is 9.59 Å². The lowest BCUT2D eigenvalue weighted by Gasteiger charge is -2.05. The van der Waals surface area contributed by atoms with Crippen LogP contribution in [0, 0.1) is 0 Å². The second-order valence-electron chi connectivity index (χ2n) is 4.09. The van der Waals surface area contributed by atoms with Crippen molar-refractivity contribution in [3.63, 3.8) is 0 Å². The first-order chi connectivity index (χ1) is 8.67. The van der Waals surface area contributed by atoms with Crippen LogP contribution in [0.5, 0.6) is 0 Å². The molecule has 5 heteroatoms. The Hall–Kier alpha value is -1.62. The number of amides is 1. The highest BCUT2D eigenvalue weighted by atomic mass is 16.5. The number of ketones is 1. The van der Waals surface area contributed by atoms with Crippen molar-refractivity contribution in [2.24, 2.45) is 0 Å². The van der Waals surface area contributed by atoms with Gasteiger partial charge in [0.15, 0.2) is 5.78 Å². The van der Waals surface area contributed by atoms with Crippen molar-refractivity contribution in [3.05, 3.63) is 24.0 Å². The summed E-state index contributed by atoms with van der Waals surface area (Å²) in [7, 11) is 1.59. The van der Waals surface area contributed by atoms with Crippen LogP contribution in [-0.4, -0.2) is 36.5 Å². The third kappa shape index (κ3) is 4.71. The van der Waals surface area contributed by atoms with Gasteiger partial charge in [0.05, 0.1) is 6.61 Å². The number of ether oxygens (including phenoxy) is 1. The molecule has 0 aromatic carbocycles. The van der Waals surface area contributed by atoms with Crippen LogP contribution in [0.4, 0.5) is 0 Å². The first-order valence-corrected chi connectivity index (χ1v) is 6.12. The van der Waals surface area contributed by atoms with E-state index in [1.54, 1.807) is 30.1 Å². The summed E-state index contributed by atoms with van der Waals surface area (Å²) < 4.78 is 6.55. The zero-order valence-corrected chi connectivity index (χ0v) is 10.9. The molecule has 0 unspecified atom stereocenters. The molecule has 0 saturated carbocycles. The Bertz CT molecular complexity index is 399. The number of rotatable bonds is 8. The molecule has 1 aromatic heterocycles. The number of nitrogens with one attached hydrogen (secondary N) is 1. The molecule has 0 aliphatic heterocycles. The maximum Gasteiger partial charge on any atom is 0.239 e. The van der Waals surface area contributed by atoms with Crippen molar-refractivity contribution in [1.29, 1.82) is 0 Å². The third-order valence-corrected chi connectivity index (χ3v) is 2.50. The average Bonchev–Trinajstić information content (AvgIpc) is 2.78. The second-order valence-corrected chi connectivity index (χ2v) is 4.09. The molecule has 1 rings (SSSR count). The largest absolute Gasteiger partial charge is 0.383 e. The van der Waals surface area contributed by atoms with Gasteiger partial charge >= 0.3 is 0 Å². The highest BCUT2D eigenvalue weighted by molar-refractivity contribution is 5.95. The monoisotopic (exact) mass is 252 g/mol. The molecule has 1 N–H and O–H groups in total. The van der Waals surface area contributed by atoms with Gasteiger partial charge in [0.2, 0.25) is 5.91 Å².